The van der Waals surface area contributed by atoms with Crippen LogP contribution in [0.15, 0.2) is 36.4 Å². The number of nitrogens with zero attached hydrogens (tertiary/aromatic N) is 1. The summed E-state index contributed by atoms with van der Waals surface area (Å²) >= 11 is 0. The molecule has 2 aromatic carbocycles. The summed E-state index contributed by atoms with van der Waals surface area (Å²) in [6.07, 6.45) is 0.703. The van der Waals surface area contributed by atoms with Crippen LogP contribution in [0.4, 0.5) is 18.9 Å². The number of ketones is 1. The molecule has 5 heteroatoms. The number of carbonyl (C=O) groups excluding carboxylic acids is 1. The second-order valence-corrected chi connectivity index (χ2v) is 4.99. The predicted octanol–water partition coefficient (Wildman–Crippen LogP) is 3.35. The molecule has 2 aromatic rings. The van der Waals surface area contributed by atoms with Gasteiger partial charge in [-0.25, -0.2) is 13.2 Å². The zero-order valence-electron chi connectivity index (χ0n) is 11.1. The molecule has 1 heterocycles. The molecular weight excluding hydrogens is 279 g/mol. The minimum atomic E-state index is -0.750. The van der Waals surface area contributed by atoms with Gasteiger partial charge >= 0.3 is 0 Å². The molecule has 0 radical (unpaired) electrons. The summed E-state index contributed by atoms with van der Waals surface area (Å²) in [4.78, 5) is 13.8. The highest BCUT2D eigenvalue weighted by molar-refractivity contribution is 5.99. The van der Waals surface area contributed by atoms with E-state index in [4.69, 9.17) is 0 Å². The van der Waals surface area contributed by atoms with Gasteiger partial charge in [-0.05, 0) is 42.3 Å². The number of fused-ring (bicyclic) bond motifs is 1. The van der Waals surface area contributed by atoms with Crippen LogP contribution in [-0.2, 0) is 6.42 Å². The standard InChI is InChI=1S/C16H12F3NO/c17-11-3-4-14(19)13(7-11)16(21)9-20-6-5-10-1-2-12(18)8-15(10)20/h1-4,7-8H,5-6,9H2. The van der Waals surface area contributed by atoms with Crippen LogP contribution >= 0.6 is 0 Å². The van der Waals surface area contributed by atoms with Crippen molar-refractivity contribution in [2.75, 3.05) is 18.0 Å². The summed E-state index contributed by atoms with van der Waals surface area (Å²) in [5, 5.41) is 0. The smallest absolute Gasteiger partial charge is 0.185 e. The van der Waals surface area contributed by atoms with Crippen molar-refractivity contribution in [1.82, 2.24) is 0 Å². The first-order valence-electron chi connectivity index (χ1n) is 6.56. The molecule has 0 fully saturated rings. The molecule has 0 spiro atoms. The van der Waals surface area contributed by atoms with Gasteiger partial charge in [0.1, 0.15) is 17.5 Å². The lowest BCUT2D eigenvalue weighted by Crippen LogP contribution is -2.28. The van der Waals surface area contributed by atoms with Crippen molar-refractivity contribution >= 4 is 11.5 Å². The lowest BCUT2D eigenvalue weighted by Gasteiger charge is -2.18. The van der Waals surface area contributed by atoms with Crippen LogP contribution in [-0.4, -0.2) is 18.9 Å². The molecule has 1 aliphatic heterocycles. The predicted molar refractivity (Wildman–Crippen MR) is 73.0 cm³/mol. The van der Waals surface area contributed by atoms with Gasteiger partial charge in [0.15, 0.2) is 5.78 Å². The zero-order chi connectivity index (χ0) is 15.0. The number of hydrogen-bond donors (Lipinski definition) is 0. The van der Waals surface area contributed by atoms with Crippen LogP contribution in [0.25, 0.3) is 0 Å². The molecule has 21 heavy (non-hydrogen) atoms. The minimum absolute atomic E-state index is 0.100. The molecule has 3 rings (SSSR count). The number of benzene rings is 2. The van der Waals surface area contributed by atoms with Crippen molar-refractivity contribution in [2.24, 2.45) is 0 Å². The summed E-state index contributed by atoms with van der Waals surface area (Å²) < 4.78 is 40.0. The second kappa shape index (κ2) is 5.24. The highest BCUT2D eigenvalue weighted by Crippen LogP contribution is 2.28. The number of Topliss-reactive ketones (excluding diaryl/α,β-unsaturated/α-hetero) is 1. The highest BCUT2D eigenvalue weighted by atomic mass is 19.1. The van der Waals surface area contributed by atoms with E-state index in [1.54, 1.807) is 11.0 Å². The fraction of sp³-hybridized carbons (Fsp3) is 0.188. The van der Waals surface area contributed by atoms with Crippen LogP contribution < -0.4 is 4.90 Å². The van der Waals surface area contributed by atoms with Gasteiger partial charge in [0, 0.05) is 12.2 Å². The third kappa shape index (κ3) is 2.63. The number of hydrogen-bond acceptors (Lipinski definition) is 2. The normalized spacial score (nSPS) is 13.4. The van der Waals surface area contributed by atoms with Gasteiger partial charge in [0.25, 0.3) is 0 Å². The molecule has 0 unspecified atom stereocenters. The molecule has 0 aromatic heterocycles. The first kappa shape index (κ1) is 13.7. The number of anilines is 1. The van der Waals surface area contributed by atoms with Crippen molar-refractivity contribution in [3.05, 3.63) is 65.0 Å². The van der Waals surface area contributed by atoms with Crippen LogP contribution in [0.1, 0.15) is 15.9 Å². The fourth-order valence-corrected chi connectivity index (χ4v) is 2.55. The van der Waals surface area contributed by atoms with Gasteiger partial charge in [0.2, 0.25) is 0 Å². The lowest BCUT2D eigenvalue weighted by molar-refractivity contribution is 0.0995. The molecule has 108 valence electrons. The summed E-state index contributed by atoms with van der Waals surface area (Å²) in [6.45, 7) is 0.457. The highest BCUT2D eigenvalue weighted by Gasteiger charge is 2.23. The number of halogens is 3. The average molecular weight is 291 g/mol. The Kier molecular flexibility index (Phi) is 3.41. The Labute approximate surface area is 119 Å². The maximum atomic E-state index is 13.6. The Morgan fingerprint density at radius 2 is 1.76 bits per heavy atom. The third-order valence-electron chi connectivity index (χ3n) is 3.60. The summed E-state index contributed by atoms with van der Waals surface area (Å²) in [6, 6.07) is 7.19. The maximum absolute atomic E-state index is 13.6. The molecule has 0 aliphatic carbocycles. The molecule has 0 saturated carbocycles. The average Bonchev–Trinajstić information content (AvgIpc) is 2.84. The Hall–Kier alpha value is -2.30. The SMILES string of the molecule is O=C(CN1CCc2ccc(F)cc21)c1cc(F)ccc1F. The van der Waals surface area contributed by atoms with Crippen molar-refractivity contribution in [3.8, 4) is 0 Å². The molecule has 2 nitrogen and oxygen atoms in total. The molecule has 0 bridgehead atoms. The summed E-state index contributed by atoms with van der Waals surface area (Å²) in [7, 11) is 0. The van der Waals surface area contributed by atoms with Crippen LogP contribution in [0.2, 0.25) is 0 Å². The van der Waals surface area contributed by atoms with E-state index >= 15 is 0 Å². The zero-order valence-corrected chi connectivity index (χ0v) is 11.1. The Morgan fingerprint density at radius 1 is 1.05 bits per heavy atom. The van der Waals surface area contributed by atoms with Crippen molar-refractivity contribution < 1.29 is 18.0 Å². The van der Waals surface area contributed by atoms with E-state index in [2.05, 4.69) is 0 Å². The monoisotopic (exact) mass is 291 g/mol. The van der Waals surface area contributed by atoms with Gasteiger partial charge in [-0.3, -0.25) is 4.79 Å². The quantitative estimate of drug-likeness (QED) is 0.808. The van der Waals surface area contributed by atoms with Crippen molar-refractivity contribution in [1.29, 1.82) is 0 Å². The van der Waals surface area contributed by atoms with Gasteiger partial charge < -0.3 is 4.90 Å². The lowest BCUT2D eigenvalue weighted by atomic mass is 10.1. The summed E-state index contributed by atoms with van der Waals surface area (Å²) in [5.41, 5.74) is 1.31. The Morgan fingerprint density at radius 3 is 2.57 bits per heavy atom. The Bertz CT molecular complexity index is 715. The topological polar surface area (TPSA) is 20.3 Å². The molecule has 0 atom stereocenters. The Balaban J connectivity index is 1.84. The first-order valence-corrected chi connectivity index (χ1v) is 6.56. The number of carbonyl (C=O) groups is 1. The summed E-state index contributed by atoms with van der Waals surface area (Å²) in [5.74, 6) is -2.32. The molecule has 0 N–H and O–H groups in total. The second-order valence-electron chi connectivity index (χ2n) is 4.99. The minimum Gasteiger partial charge on any atom is -0.363 e. The van der Waals surface area contributed by atoms with Gasteiger partial charge in [-0.15, -0.1) is 0 Å². The van der Waals surface area contributed by atoms with Crippen molar-refractivity contribution in [3.63, 3.8) is 0 Å². The fourth-order valence-electron chi connectivity index (χ4n) is 2.55. The maximum Gasteiger partial charge on any atom is 0.185 e. The van der Waals surface area contributed by atoms with E-state index in [1.165, 1.54) is 12.1 Å². The van der Waals surface area contributed by atoms with E-state index in [0.29, 0.717) is 18.7 Å². The third-order valence-corrected chi connectivity index (χ3v) is 3.60. The molecule has 0 amide bonds. The van der Waals surface area contributed by atoms with E-state index in [1.807, 2.05) is 0 Å². The van der Waals surface area contributed by atoms with E-state index in [-0.39, 0.29) is 17.9 Å². The first-order chi connectivity index (χ1) is 10.0. The van der Waals surface area contributed by atoms with Crippen LogP contribution in [0.5, 0.6) is 0 Å². The van der Waals surface area contributed by atoms with Gasteiger partial charge in [-0.2, -0.15) is 0 Å². The van der Waals surface area contributed by atoms with E-state index in [9.17, 15) is 18.0 Å². The van der Waals surface area contributed by atoms with Crippen LogP contribution in [0, 0.1) is 17.5 Å². The van der Waals surface area contributed by atoms with E-state index < -0.39 is 17.4 Å². The van der Waals surface area contributed by atoms with Crippen molar-refractivity contribution in [2.45, 2.75) is 6.42 Å². The molecule has 1 aliphatic rings. The van der Waals surface area contributed by atoms with Gasteiger partial charge in [0.05, 0.1) is 12.1 Å². The van der Waals surface area contributed by atoms with E-state index in [0.717, 1.165) is 23.8 Å². The molecule has 0 saturated heterocycles. The molecular formula is C16H12F3NO. The van der Waals surface area contributed by atoms with Gasteiger partial charge in [-0.1, -0.05) is 6.07 Å². The van der Waals surface area contributed by atoms with Crippen LogP contribution in [0.3, 0.4) is 0 Å². The largest absolute Gasteiger partial charge is 0.363 e. The number of rotatable bonds is 3.